The van der Waals surface area contributed by atoms with Crippen LogP contribution >= 0.6 is 0 Å². The van der Waals surface area contributed by atoms with Crippen LogP contribution in [0.4, 0.5) is 8.78 Å². The summed E-state index contributed by atoms with van der Waals surface area (Å²) in [6, 6.07) is 3.70. The SMILES string of the molecule is CCC1(N)CN(Cc2ccc(F)cc2F)C1. The van der Waals surface area contributed by atoms with Crippen LogP contribution in [0.1, 0.15) is 18.9 Å². The summed E-state index contributed by atoms with van der Waals surface area (Å²) in [6.07, 6.45) is 0.926. The highest BCUT2D eigenvalue weighted by Crippen LogP contribution is 2.24. The van der Waals surface area contributed by atoms with Gasteiger partial charge in [0.05, 0.1) is 0 Å². The number of rotatable bonds is 3. The molecular weight excluding hydrogens is 210 g/mol. The van der Waals surface area contributed by atoms with E-state index in [9.17, 15) is 8.78 Å². The summed E-state index contributed by atoms with van der Waals surface area (Å²) in [5, 5.41) is 0. The first-order chi connectivity index (χ1) is 7.52. The molecule has 0 bridgehead atoms. The normalized spacial score (nSPS) is 19.5. The molecule has 1 aromatic carbocycles. The van der Waals surface area contributed by atoms with Gasteiger partial charge in [-0.1, -0.05) is 13.0 Å². The van der Waals surface area contributed by atoms with Gasteiger partial charge >= 0.3 is 0 Å². The summed E-state index contributed by atoms with van der Waals surface area (Å²) in [4.78, 5) is 2.07. The molecule has 1 fully saturated rings. The van der Waals surface area contributed by atoms with Crippen molar-refractivity contribution in [2.45, 2.75) is 25.4 Å². The third-order valence-electron chi connectivity index (χ3n) is 3.19. The first-order valence-corrected chi connectivity index (χ1v) is 5.47. The second-order valence-corrected chi connectivity index (χ2v) is 4.60. The third kappa shape index (κ3) is 2.23. The van der Waals surface area contributed by atoms with Crippen molar-refractivity contribution in [3.63, 3.8) is 0 Å². The van der Waals surface area contributed by atoms with E-state index in [0.29, 0.717) is 12.1 Å². The van der Waals surface area contributed by atoms with Gasteiger partial charge in [-0.15, -0.1) is 0 Å². The van der Waals surface area contributed by atoms with E-state index >= 15 is 0 Å². The predicted molar refractivity (Wildman–Crippen MR) is 58.8 cm³/mol. The molecule has 1 aromatic rings. The molecule has 88 valence electrons. The first kappa shape index (κ1) is 11.5. The Labute approximate surface area is 94.0 Å². The fraction of sp³-hybridized carbons (Fsp3) is 0.500. The number of hydrogen-bond acceptors (Lipinski definition) is 2. The highest BCUT2D eigenvalue weighted by atomic mass is 19.1. The molecule has 0 atom stereocenters. The monoisotopic (exact) mass is 226 g/mol. The Kier molecular flexibility index (Phi) is 2.95. The van der Waals surface area contributed by atoms with E-state index in [0.717, 1.165) is 25.6 Å². The number of nitrogens with two attached hydrogens (primary N) is 1. The van der Waals surface area contributed by atoms with Crippen molar-refractivity contribution in [2.75, 3.05) is 13.1 Å². The summed E-state index contributed by atoms with van der Waals surface area (Å²) in [7, 11) is 0. The van der Waals surface area contributed by atoms with Crippen molar-refractivity contribution in [1.82, 2.24) is 4.90 Å². The van der Waals surface area contributed by atoms with E-state index in [1.165, 1.54) is 12.1 Å². The van der Waals surface area contributed by atoms with Gasteiger partial charge in [-0.05, 0) is 12.5 Å². The van der Waals surface area contributed by atoms with Gasteiger partial charge in [0, 0.05) is 36.8 Å². The van der Waals surface area contributed by atoms with Gasteiger partial charge in [0.15, 0.2) is 0 Å². The van der Waals surface area contributed by atoms with Crippen LogP contribution < -0.4 is 5.73 Å². The lowest BCUT2D eigenvalue weighted by Gasteiger charge is -2.47. The van der Waals surface area contributed by atoms with Crippen LogP contribution in [-0.4, -0.2) is 23.5 Å². The lowest BCUT2D eigenvalue weighted by atomic mass is 9.88. The molecule has 1 heterocycles. The maximum atomic E-state index is 13.3. The maximum absolute atomic E-state index is 13.3. The molecule has 2 rings (SSSR count). The van der Waals surface area contributed by atoms with E-state index in [1.54, 1.807) is 0 Å². The number of likely N-dealkylation sites (tertiary alicyclic amines) is 1. The molecule has 2 N–H and O–H groups in total. The highest BCUT2D eigenvalue weighted by molar-refractivity contribution is 5.19. The Bertz CT molecular complexity index is 387. The molecule has 0 saturated carbocycles. The Hall–Kier alpha value is -1.00. The molecule has 0 aromatic heterocycles. The number of hydrogen-bond donors (Lipinski definition) is 1. The van der Waals surface area contributed by atoms with E-state index in [1.807, 2.05) is 0 Å². The van der Waals surface area contributed by atoms with E-state index < -0.39 is 11.6 Å². The first-order valence-electron chi connectivity index (χ1n) is 5.47. The van der Waals surface area contributed by atoms with Crippen molar-refractivity contribution in [2.24, 2.45) is 5.73 Å². The fourth-order valence-electron chi connectivity index (χ4n) is 2.07. The van der Waals surface area contributed by atoms with Gasteiger partial charge in [0.25, 0.3) is 0 Å². The second-order valence-electron chi connectivity index (χ2n) is 4.60. The molecule has 0 spiro atoms. The van der Waals surface area contributed by atoms with Gasteiger partial charge in [-0.3, -0.25) is 4.90 Å². The van der Waals surface area contributed by atoms with Crippen molar-refractivity contribution in [3.05, 3.63) is 35.4 Å². The van der Waals surface area contributed by atoms with E-state index in [4.69, 9.17) is 5.73 Å². The summed E-state index contributed by atoms with van der Waals surface area (Å²) >= 11 is 0. The van der Waals surface area contributed by atoms with Crippen molar-refractivity contribution in [1.29, 1.82) is 0 Å². The van der Waals surface area contributed by atoms with E-state index in [2.05, 4.69) is 11.8 Å². The van der Waals surface area contributed by atoms with Crippen LogP contribution in [0, 0.1) is 11.6 Å². The van der Waals surface area contributed by atoms with Gasteiger partial charge in [0.2, 0.25) is 0 Å². The van der Waals surface area contributed by atoms with Gasteiger partial charge < -0.3 is 5.73 Å². The second kappa shape index (κ2) is 4.11. The van der Waals surface area contributed by atoms with Crippen LogP contribution in [0.3, 0.4) is 0 Å². The minimum absolute atomic E-state index is 0.115. The summed E-state index contributed by atoms with van der Waals surface area (Å²) < 4.78 is 26.0. The topological polar surface area (TPSA) is 29.3 Å². The average molecular weight is 226 g/mol. The Morgan fingerprint density at radius 1 is 1.38 bits per heavy atom. The summed E-state index contributed by atoms with van der Waals surface area (Å²) in [5.41, 5.74) is 6.43. The van der Waals surface area contributed by atoms with Crippen LogP contribution in [0.5, 0.6) is 0 Å². The third-order valence-corrected chi connectivity index (χ3v) is 3.19. The van der Waals surface area contributed by atoms with Gasteiger partial charge in [0.1, 0.15) is 11.6 Å². The number of halogens is 2. The Balaban J connectivity index is 1.96. The summed E-state index contributed by atoms with van der Waals surface area (Å²) in [6.45, 7) is 4.11. The molecule has 1 aliphatic rings. The predicted octanol–water partition coefficient (Wildman–Crippen LogP) is 1.89. The van der Waals surface area contributed by atoms with Crippen LogP contribution in [0.2, 0.25) is 0 Å². The molecule has 1 saturated heterocycles. The number of benzene rings is 1. The molecule has 0 radical (unpaired) electrons. The van der Waals surface area contributed by atoms with Gasteiger partial charge in [-0.25, -0.2) is 8.78 Å². The van der Waals surface area contributed by atoms with Crippen LogP contribution in [-0.2, 0) is 6.54 Å². The summed E-state index contributed by atoms with van der Waals surface area (Å²) in [5.74, 6) is -1.02. The maximum Gasteiger partial charge on any atom is 0.130 e. The van der Waals surface area contributed by atoms with Crippen molar-refractivity contribution in [3.8, 4) is 0 Å². The van der Waals surface area contributed by atoms with Crippen molar-refractivity contribution >= 4 is 0 Å². The Morgan fingerprint density at radius 3 is 2.62 bits per heavy atom. The molecule has 16 heavy (non-hydrogen) atoms. The zero-order valence-electron chi connectivity index (χ0n) is 9.34. The number of nitrogens with zero attached hydrogens (tertiary/aromatic N) is 1. The molecule has 4 heteroatoms. The molecule has 2 nitrogen and oxygen atoms in total. The standard InChI is InChI=1S/C12H16F2N2/c1-2-12(15)7-16(8-12)6-9-3-4-10(13)5-11(9)14/h3-5H,2,6-8,15H2,1H3. The molecule has 1 aliphatic heterocycles. The van der Waals surface area contributed by atoms with Crippen LogP contribution in [0.25, 0.3) is 0 Å². The highest BCUT2D eigenvalue weighted by Gasteiger charge is 2.37. The van der Waals surface area contributed by atoms with Crippen LogP contribution in [0.15, 0.2) is 18.2 Å². The molecule has 0 aliphatic carbocycles. The fourth-order valence-corrected chi connectivity index (χ4v) is 2.07. The van der Waals surface area contributed by atoms with Crippen molar-refractivity contribution < 1.29 is 8.78 Å². The lowest BCUT2D eigenvalue weighted by molar-refractivity contribution is 0.0596. The van der Waals surface area contributed by atoms with E-state index in [-0.39, 0.29) is 5.54 Å². The van der Waals surface area contributed by atoms with Gasteiger partial charge in [-0.2, -0.15) is 0 Å². The zero-order valence-corrected chi connectivity index (χ0v) is 9.34. The lowest BCUT2D eigenvalue weighted by Crippen LogP contribution is -2.66. The molecule has 0 unspecified atom stereocenters. The molecule has 0 amide bonds. The smallest absolute Gasteiger partial charge is 0.130 e. The zero-order chi connectivity index (χ0) is 11.8. The average Bonchev–Trinajstić information content (AvgIpc) is 2.19. The quantitative estimate of drug-likeness (QED) is 0.852. The minimum atomic E-state index is -0.536. The largest absolute Gasteiger partial charge is 0.323 e. The Morgan fingerprint density at radius 2 is 2.06 bits per heavy atom. The minimum Gasteiger partial charge on any atom is -0.323 e. The molecular formula is C12H16F2N2.